The van der Waals surface area contributed by atoms with Gasteiger partial charge in [0.25, 0.3) is 5.91 Å². The number of rotatable bonds is 4. The zero-order chi connectivity index (χ0) is 17.8. The number of ether oxygens (including phenoxy) is 1. The molecule has 1 N–H and O–H groups in total. The Balaban J connectivity index is 1.68. The second kappa shape index (κ2) is 7.89. The predicted octanol–water partition coefficient (Wildman–Crippen LogP) is 3.90. The number of amides is 2. The molecule has 1 aromatic heterocycles. The number of nitrogens with zero attached hydrogens (tertiary/aromatic N) is 1. The summed E-state index contributed by atoms with van der Waals surface area (Å²) >= 11 is 7.43. The molecule has 1 aliphatic rings. The number of halogens is 1. The van der Waals surface area contributed by atoms with Crippen LogP contribution in [0.1, 0.15) is 22.5 Å². The number of anilines is 1. The molecule has 2 amide bonds. The quantitative estimate of drug-likeness (QED) is 0.877. The van der Waals surface area contributed by atoms with Crippen molar-refractivity contribution >= 4 is 40.4 Å². The number of carbonyl (C=O) groups excluding carboxylic acids is 2. The minimum atomic E-state index is -0.249. The van der Waals surface area contributed by atoms with Crippen LogP contribution in [0.5, 0.6) is 5.75 Å². The van der Waals surface area contributed by atoms with Crippen LogP contribution in [0.4, 0.5) is 5.69 Å². The summed E-state index contributed by atoms with van der Waals surface area (Å²) in [6.07, 6.45) is 1.56. The van der Waals surface area contributed by atoms with Crippen LogP contribution in [0.2, 0.25) is 5.02 Å². The molecule has 1 aliphatic heterocycles. The molecule has 132 valence electrons. The van der Waals surface area contributed by atoms with E-state index >= 15 is 0 Å². The lowest BCUT2D eigenvalue weighted by atomic mass is 9.96. The van der Waals surface area contributed by atoms with Crippen molar-refractivity contribution in [2.45, 2.75) is 12.8 Å². The number of hydrogen-bond acceptors (Lipinski definition) is 4. The Labute approximate surface area is 155 Å². The molecule has 0 bridgehead atoms. The topological polar surface area (TPSA) is 58.6 Å². The summed E-state index contributed by atoms with van der Waals surface area (Å²) in [7, 11) is 1.54. The Morgan fingerprint density at radius 1 is 1.36 bits per heavy atom. The van der Waals surface area contributed by atoms with E-state index in [2.05, 4.69) is 5.32 Å². The maximum atomic E-state index is 12.7. The summed E-state index contributed by atoms with van der Waals surface area (Å²) in [6.45, 7) is 1.10. The SMILES string of the molecule is COc1ccc(Cl)cc1NC(=O)[C@@H]1CCCN(C(=O)c2cccs2)C1. The molecular weight excluding hydrogens is 360 g/mol. The molecule has 2 aromatic rings. The smallest absolute Gasteiger partial charge is 0.263 e. The summed E-state index contributed by atoms with van der Waals surface area (Å²) in [5, 5.41) is 5.29. The maximum Gasteiger partial charge on any atom is 0.263 e. The highest BCUT2D eigenvalue weighted by Gasteiger charge is 2.29. The van der Waals surface area contributed by atoms with Gasteiger partial charge in [0.1, 0.15) is 5.75 Å². The average Bonchev–Trinajstić information content (AvgIpc) is 3.16. The Morgan fingerprint density at radius 2 is 2.20 bits per heavy atom. The zero-order valence-electron chi connectivity index (χ0n) is 13.8. The van der Waals surface area contributed by atoms with Crippen molar-refractivity contribution < 1.29 is 14.3 Å². The van der Waals surface area contributed by atoms with Crippen LogP contribution in [0.25, 0.3) is 0 Å². The van der Waals surface area contributed by atoms with Crippen LogP contribution in [-0.2, 0) is 4.79 Å². The molecule has 0 unspecified atom stereocenters. The van der Waals surface area contributed by atoms with Gasteiger partial charge in [-0.3, -0.25) is 9.59 Å². The molecule has 1 atom stereocenters. The lowest BCUT2D eigenvalue weighted by molar-refractivity contribution is -0.121. The zero-order valence-corrected chi connectivity index (χ0v) is 15.4. The second-order valence-corrected chi connectivity index (χ2v) is 7.29. The second-order valence-electron chi connectivity index (χ2n) is 5.90. The van der Waals surface area contributed by atoms with E-state index in [1.807, 2.05) is 17.5 Å². The molecule has 1 saturated heterocycles. The van der Waals surface area contributed by atoms with Gasteiger partial charge in [-0.05, 0) is 42.5 Å². The van der Waals surface area contributed by atoms with Crippen molar-refractivity contribution in [3.8, 4) is 5.75 Å². The summed E-state index contributed by atoms with van der Waals surface area (Å²) in [5.41, 5.74) is 0.543. The van der Waals surface area contributed by atoms with Gasteiger partial charge < -0.3 is 15.0 Å². The molecule has 1 aromatic carbocycles. The molecule has 0 aliphatic carbocycles. The van der Waals surface area contributed by atoms with E-state index < -0.39 is 0 Å². The molecule has 0 spiro atoms. The van der Waals surface area contributed by atoms with Crippen molar-refractivity contribution in [2.75, 3.05) is 25.5 Å². The largest absolute Gasteiger partial charge is 0.495 e. The van der Waals surface area contributed by atoms with Crippen molar-refractivity contribution in [3.05, 3.63) is 45.6 Å². The van der Waals surface area contributed by atoms with Crippen LogP contribution in [-0.4, -0.2) is 36.9 Å². The van der Waals surface area contributed by atoms with Gasteiger partial charge in [0, 0.05) is 18.1 Å². The molecule has 3 rings (SSSR count). The van der Waals surface area contributed by atoms with Crippen LogP contribution in [0, 0.1) is 5.92 Å². The number of benzene rings is 1. The summed E-state index contributed by atoms with van der Waals surface area (Å²) in [6, 6.07) is 8.75. The normalized spacial score (nSPS) is 17.2. The van der Waals surface area contributed by atoms with E-state index in [0.717, 1.165) is 12.8 Å². The van der Waals surface area contributed by atoms with E-state index in [1.54, 1.807) is 30.2 Å². The Morgan fingerprint density at radius 3 is 2.92 bits per heavy atom. The van der Waals surface area contributed by atoms with Crippen molar-refractivity contribution in [1.82, 2.24) is 4.90 Å². The number of likely N-dealkylation sites (tertiary alicyclic amines) is 1. The van der Waals surface area contributed by atoms with Gasteiger partial charge >= 0.3 is 0 Å². The van der Waals surface area contributed by atoms with E-state index in [4.69, 9.17) is 16.3 Å². The number of hydrogen-bond donors (Lipinski definition) is 1. The van der Waals surface area contributed by atoms with E-state index in [1.165, 1.54) is 11.3 Å². The monoisotopic (exact) mass is 378 g/mol. The van der Waals surface area contributed by atoms with Gasteiger partial charge in [0.05, 0.1) is 23.6 Å². The van der Waals surface area contributed by atoms with E-state index in [-0.39, 0.29) is 17.7 Å². The number of thiophene rings is 1. The van der Waals surface area contributed by atoms with Crippen molar-refractivity contribution in [1.29, 1.82) is 0 Å². The van der Waals surface area contributed by atoms with Crippen LogP contribution >= 0.6 is 22.9 Å². The summed E-state index contributed by atoms with van der Waals surface area (Å²) in [4.78, 5) is 27.6. The van der Waals surface area contributed by atoms with Crippen LogP contribution in [0.3, 0.4) is 0 Å². The Bertz CT molecular complexity index is 764. The number of methoxy groups -OCH3 is 1. The van der Waals surface area contributed by atoms with Gasteiger partial charge in [-0.15, -0.1) is 11.3 Å². The van der Waals surface area contributed by atoms with Gasteiger partial charge in [-0.1, -0.05) is 17.7 Å². The summed E-state index contributed by atoms with van der Waals surface area (Å²) < 4.78 is 5.26. The fourth-order valence-electron chi connectivity index (χ4n) is 2.94. The highest BCUT2D eigenvalue weighted by Crippen LogP contribution is 2.29. The highest BCUT2D eigenvalue weighted by molar-refractivity contribution is 7.12. The fourth-order valence-corrected chi connectivity index (χ4v) is 3.81. The summed E-state index contributed by atoms with van der Waals surface area (Å²) in [5.74, 6) is 0.179. The molecule has 1 fully saturated rings. The first kappa shape index (κ1) is 17.8. The molecule has 0 radical (unpaired) electrons. The standard InChI is InChI=1S/C18H19ClN2O3S/c1-24-15-7-6-13(19)10-14(15)20-17(22)12-4-2-8-21(11-12)18(23)16-5-3-9-25-16/h3,5-7,9-10,12H,2,4,8,11H2,1H3,(H,20,22)/t12-/m1/s1. The number of nitrogens with one attached hydrogen (secondary N) is 1. The fraction of sp³-hybridized carbons (Fsp3) is 0.333. The molecule has 25 heavy (non-hydrogen) atoms. The Kier molecular flexibility index (Phi) is 5.60. The maximum absolute atomic E-state index is 12.7. The van der Waals surface area contributed by atoms with Crippen LogP contribution in [0.15, 0.2) is 35.7 Å². The average molecular weight is 379 g/mol. The van der Waals surface area contributed by atoms with E-state index in [0.29, 0.717) is 34.4 Å². The lowest BCUT2D eigenvalue weighted by Gasteiger charge is -2.31. The van der Waals surface area contributed by atoms with Gasteiger partial charge in [0.15, 0.2) is 0 Å². The van der Waals surface area contributed by atoms with Gasteiger partial charge in [-0.25, -0.2) is 0 Å². The third kappa shape index (κ3) is 4.14. The molecular formula is C18H19ClN2O3S. The molecule has 0 saturated carbocycles. The molecule has 2 heterocycles. The van der Waals surface area contributed by atoms with Gasteiger partial charge in [0.2, 0.25) is 5.91 Å². The molecule has 5 nitrogen and oxygen atoms in total. The van der Waals surface area contributed by atoms with Gasteiger partial charge in [-0.2, -0.15) is 0 Å². The first-order valence-corrected chi connectivity index (χ1v) is 9.31. The minimum absolute atomic E-state index is 0.00663. The third-order valence-electron chi connectivity index (χ3n) is 4.23. The first-order valence-electron chi connectivity index (χ1n) is 8.05. The third-order valence-corrected chi connectivity index (χ3v) is 5.32. The van der Waals surface area contributed by atoms with E-state index in [9.17, 15) is 9.59 Å². The highest BCUT2D eigenvalue weighted by atomic mass is 35.5. The van der Waals surface area contributed by atoms with Crippen molar-refractivity contribution in [2.24, 2.45) is 5.92 Å². The minimum Gasteiger partial charge on any atom is -0.495 e. The molecule has 7 heteroatoms. The first-order chi connectivity index (χ1) is 12.1. The van der Waals surface area contributed by atoms with Crippen LogP contribution < -0.4 is 10.1 Å². The predicted molar refractivity (Wildman–Crippen MR) is 99.6 cm³/mol. The number of piperidine rings is 1. The number of carbonyl (C=O) groups is 2. The Hall–Kier alpha value is -2.05. The van der Waals surface area contributed by atoms with Crippen molar-refractivity contribution in [3.63, 3.8) is 0 Å². The lowest BCUT2D eigenvalue weighted by Crippen LogP contribution is -2.43.